The highest BCUT2D eigenvalue weighted by molar-refractivity contribution is 6.08. The molecule has 1 aromatic carbocycles. The number of H-pyrrole nitrogens is 1. The number of amides is 2. The lowest BCUT2D eigenvalue weighted by molar-refractivity contribution is 0.100. The van der Waals surface area contributed by atoms with Crippen molar-refractivity contribution in [2.75, 3.05) is 13.1 Å². The second-order valence-corrected chi connectivity index (χ2v) is 5.01. The summed E-state index contributed by atoms with van der Waals surface area (Å²) in [7, 11) is 0. The molecule has 0 unspecified atom stereocenters. The minimum Gasteiger partial charge on any atom is -0.465 e. The molecule has 0 saturated heterocycles. The number of carboxylic acid groups (broad SMARTS) is 1. The lowest BCUT2D eigenvalue weighted by Gasteiger charge is -2.25. The summed E-state index contributed by atoms with van der Waals surface area (Å²) in [5.74, 6) is -0.487. The van der Waals surface area contributed by atoms with E-state index in [2.05, 4.69) is 4.98 Å². The molecule has 2 aromatic rings. The molecule has 21 heavy (non-hydrogen) atoms. The van der Waals surface area contributed by atoms with E-state index in [9.17, 15) is 9.59 Å². The molecule has 2 amide bonds. The zero-order chi connectivity index (χ0) is 15.0. The minimum atomic E-state index is -0.917. The first kappa shape index (κ1) is 13.2. The maximum atomic E-state index is 11.4. The Kier molecular flexibility index (Phi) is 3.13. The van der Waals surface area contributed by atoms with Gasteiger partial charge in [-0.1, -0.05) is 12.1 Å². The molecule has 1 aromatic heterocycles. The summed E-state index contributed by atoms with van der Waals surface area (Å²) in [6.07, 6.45) is 3.56. The Morgan fingerprint density at radius 3 is 2.81 bits per heavy atom. The van der Waals surface area contributed by atoms with E-state index in [4.69, 9.17) is 10.8 Å². The maximum absolute atomic E-state index is 11.4. The first-order chi connectivity index (χ1) is 10.1. The molecule has 0 radical (unpaired) electrons. The van der Waals surface area contributed by atoms with Crippen LogP contribution in [-0.2, 0) is 0 Å². The summed E-state index contributed by atoms with van der Waals surface area (Å²) >= 11 is 0. The van der Waals surface area contributed by atoms with E-state index in [1.807, 2.05) is 18.2 Å². The van der Waals surface area contributed by atoms with Gasteiger partial charge in [-0.3, -0.25) is 4.79 Å². The van der Waals surface area contributed by atoms with Crippen LogP contribution < -0.4 is 5.73 Å². The molecule has 6 heteroatoms. The Morgan fingerprint density at radius 2 is 2.10 bits per heavy atom. The van der Waals surface area contributed by atoms with Crippen LogP contribution in [0, 0.1) is 0 Å². The average molecular weight is 285 g/mol. The topological polar surface area (TPSA) is 99.4 Å². The number of aromatic amines is 1. The van der Waals surface area contributed by atoms with Crippen LogP contribution in [0.25, 0.3) is 16.5 Å². The second kappa shape index (κ2) is 4.97. The Morgan fingerprint density at radius 1 is 1.29 bits per heavy atom. The van der Waals surface area contributed by atoms with Gasteiger partial charge in [0.05, 0.1) is 11.1 Å². The van der Waals surface area contributed by atoms with Gasteiger partial charge in [0.25, 0.3) is 5.91 Å². The van der Waals surface area contributed by atoms with E-state index in [0.717, 1.165) is 16.5 Å². The molecule has 0 fully saturated rings. The summed E-state index contributed by atoms with van der Waals surface area (Å²) in [4.78, 5) is 27.0. The minimum absolute atomic E-state index is 0.353. The van der Waals surface area contributed by atoms with Crippen molar-refractivity contribution in [1.82, 2.24) is 9.88 Å². The quantitative estimate of drug-likeness (QED) is 0.787. The summed E-state index contributed by atoms with van der Waals surface area (Å²) < 4.78 is 0. The normalized spacial score (nSPS) is 15.0. The number of fused-ring (bicyclic) bond motifs is 1. The Hall–Kier alpha value is -2.76. The van der Waals surface area contributed by atoms with Crippen molar-refractivity contribution in [2.45, 2.75) is 6.42 Å². The van der Waals surface area contributed by atoms with E-state index in [1.54, 1.807) is 12.3 Å². The van der Waals surface area contributed by atoms with Crippen LogP contribution in [0.2, 0.25) is 0 Å². The number of aromatic nitrogens is 1. The molecule has 0 atom stereocenters. The fourth-order valence-corrected chi connectivity index (χ4v) is 2.74. The molecule has 0 aliphatic carbocycles. The second-order valence-electron chi connectivity index (χ2n) is 5.01. The maximum Gasteiger partial charge on any atom is 0.407 e. The van der Waals surface area contributed by atoms with Crippen LogP contribution in [0.4, 0.5) is 4.79 Å². The molecular formula is C15H15N3O3. The van der Waals surface area contributed by atoms with Crippen LogP contribution in [0.3, 0.4) is 0 Å². The summed E-state index contributed by atoms with van der Waals surface area (Å²) in [6, 6.07) is 5.38. The number of nitrogens with one attached hydrogen (secondary N) is 1. The summed E-state index contributed by atoms with van der Waals surface area (Å²) in [5.41, 5.74) is 8.37. The van der Waals surface area contributed by atoms with E-state index < -0.39 is 12.0 Å². The number of benzene rings is 1. The molecular weight excluding hydrogens is 270 g/mol. The molecule has 0 spiro atoms. The van der Waals surface area contributed by atoms with Gasteiger partial charge in [-0.05, 0) is 29.7 Å². The van der Waals surface area contributed by atoms with Crippen molar-refractivity contribution in [1.29, 1.82) is 0 Å². The van der Waals surface area contributed by atoms with Gasteiger partial charge in [-0.25, -0.2) is 4.79 Å². The van der Waals surface area contributed by atoms with Gasteiger partial charge in [0.1, 0.15) is 0 Å². The lowest BCUT2D eigenvalue weighted by Crippen LogP contribution is -2.34. The van der Waals surface area contributed by atoms with Crippen molar-refractivity contribution in [3.8, 4) is 0 Å². The number of hydrogen-bond acceptors (Lipinski definition) is 2. The van der Waals surface area contributed by atoms with Crippen molar-refractivity contribution in [2.24, 2.45) is 5.73 Å². The fourth-order valence-electron chi connectivity index (χ4n) is 2.74. The smallest absolute Gasteiger partial charge is 0.407 e. The predicted molar refractivity (Wildman–Crippen MR) is 79.0 cm³/mol. The zero-order valence-corrected chi connectivity index (χ0v) is 11.3. The van der Waals surface area contributed by atoms with E-state index in [-0.39, 0.29) is 0 Å². The Balaban J connectivity index is 2.08. The Labute approximate surface area is 120 Å². The lowest BCUT2D eigenvalue weighted by atomic mass is 9.96. The molecule has 1 aliphatic rings. The number of carbonyl (C=O) groups is 2. The van der Waals surface area contributed by atoms with E-state index in [1.165, 1.54) is 4.90 Å². The molecule has 3 rings (SSSR count). The molecule has 108 valence electrons. The molecule has 6 nitrogen and oxygen atoms in total. The molecule has 0 saturated carbocycles. The number of nitrogens with two attached hydrogens (primary N) is 1. The predicted octanol–water partition coefficient (Wildman–Crippen LogP) is 2.03. The largest absolute Gasteiger partial charge is 0.465 e. The van der Waals surface area contributed by atoms with Crippen LogP contribution in [0.5, 0.6) is 0 Å². The van der Waals surface area contributed by atoms with Crippen LogP contribution >= 0.6 is 0 Å². The van der Waals surface area contributed by atoms with Gasteiger partial charge in [-0.2, -0.15) is 0 Å². The standard InChI is InChI=1S/C15H15N3O3/c16-14(19)12-4-3-10(11-5-6-17-13(11)12)9-2-1-7-18(8-9)15(20)21/h2-6,17H,1,7-8H2,(H2,16,19)(H,20,21). The number of carbonyl (C=O) groups excluding carboxylic acids is 1. The average Bonchev–Trinajstić information content (AvgIpc) is 2.95. The summed E-state index contributed by atoms with van der Waals surface area (Å²) in [6.45, 7) is 0.861. The zero-order valence-electron chi connectivity index (χ0n) is 11.3. The third kappa shape index (κ3) is 2.24. The van der Waals surface area contributed by atoms with Crippen molar-refractivity contribution < 1.29 is 14.7 Å². The van der Waals surface area contributed by atoms with Gasteiger partial charge in [0.2, 0.25) is 0 Å². The number of primary amides is 1. The van der Waals surface area contributed by atoms with Crippen LogP contribution in [-0.4, -0.2) is 40.1 Å². The van der Waals surface area contributed by atoms with Crippen molar-refractivity contribution in [3.63, 3.8) is 0 Å². The van der Waals surface area contributed by atoms with Gasteiger partial charge in [0, 0.05) is 24.7 Å². The molecule has 0 bridgehead atoms. The van der Waals surface area contributed by atoms with E-state index in [0.29, 0.717) is 30.6 Å². The molecule has 2 heterocycles. The highest BCUT2D eigenvalue weighted by atomic mass is 16.4. The number of hydrogen-bond donors (Lipinski definition) is 3. The SMILES string of the molecule is NC(=O)c1ccc(C2=CCCN(C(=O)O)C2)c2cc[nH]c12. The van der Waals surface area contributed by atoms with Crippen LogP contribution in [0.1, 0.15) is 22.3 Å². The third-order valence-corrected chi connectivity index (χ3v) is 3.76. The van der Waals surface area contributed by atoms with Gasteiger partial charge >= 0.3 is 6.09 Å². The third-order valence-electron chi connectivity index (χ3n) is 3.76. The highest BCUT2D eigenvalue weighted by Crippen LogP contribution is 2.29. The highest BCUT2D eigenvalue weighted by Gasteiger charge is 2.20. The van der Waals surface area contributed by atoms with Gasteiger partial charge in [-0.15, -0.1) is 0 Å². The number of nitrogens with zero attached hydrogens (tertiary/aromatic N) is 1. The fraction of sp³-hybridized carbons (Fsp3) is 0.200. The summed E-state index contributed by atoms with van der Waals surface area (Å²) in [5, 5.41) is 10.0. The van der Waals surface area contributed by atoms with Crippen molar-refractivity contribution in [3.05, 3.63) is 41.6 Å². The molecule has 1 aliphatic heterocycles. The first-order valence-corrected chi connectivity index (χ1v) is 6.65. The van der Waals surface area contributed by atoms with E-state index >= 15 is 0 Å². The number of rotatable bonds is 2. The van der Waals surface area contributed by atoms with Crippen LogP contribution in [0.15, 0.2) is 30.5 Å². The van der Waals surface area contributed by atoms with Gasteiger partial charge < -0.3 is 20.7 Å². The molecule has 4 N–H and O–H groups in total. The first-order valence-electron chi connectivity index (χ1n) is 6.65. The monoisotopic (exact) mass is 285 g/mol. The van der Waals surface area contributed by atoms with Crippen molar-refractivity contribution >= 4 is 28.5 Å². The van der Waals surface area contributed by atoms with Gasteiger partial charge in [0.15, 0.2) is 0 Å². The Bertz CT molecular complexity index is 761.